The van der Waals surface area contributed by atoms with Gasteiger partial charge in [-0.1, -0.05) is 5.21 Å². The summed E-state index contributed by atoms with van der Waals surface area (Å²) in [6.07, 6.45) is 4.99. The van der Waals surface area contributed by atoms with Gasteiger partial charge in [0, 0.05) is 12.8 Å². The lowest BCUT2D eigenvalue weighted by molar-refractivity contribution is -0.169. The van der Waals surface area contributed by atoms with Gasteiger partial charge in [-0.3, -0.25) is 5.10 Å². The minimum atomic E-state index is -0.0505. The monoisotopic (exact) mass is 183 g/mol. The van der Waals surface area contributed by atoms with Crippen LogP contribution in [0.5, 0.6) is 0 Å². The Morgan fingerprint density at radius 3 is 3.31 bits per heavy atom. The molecule has 0 amide bonds. The van der Waals surface area contributed by atoms with Gasteiger partial charge in [0.1, 0.15) is 5.69 Å². The normalized spacial score (nSPS) is 23.2. The zero-order valence-electron chi connectivity index (χ0n) is 7.40. The molecule has 1 atom stereocenters. The third-order valence-corrected chi connectivity index (χ3v) is 2.02. The topological polar surface area (TPSA) is 60.0 Å². The Labute approximate surface area is 76.4 Å². The number of nitrogens with one attached hydrogen (secondary N) is 1. The maximum absolute atomic E-state index is 5.48. The number of H-pyrrole nitrogens is 1. The highest BCUT2D eigenvalue weighted by molar-refractivity contribution is 4.86. The second-order valence-corrected chi connectivity index (χ2v) is 3.07. The fourth-order valence-electron chi connectivity index (χ4n) is 1.32. The molecule has 0 radical (unpaired) electrons. The molecule has 1 N–H and O–H groups in total. The number of hydrogen-bond donors (Lipinski definition) is 1. The number of ether oxygens (including phenoxy) is 2. The van der Waals surface area contributed by atoms with Gasteiger partial charge in [0.05, 0.1) is 6.61 Å². The summed E-state index contributed by atoms with van der Waals surface area (Å²) in [5, 5.41) is 10.0. The average molecular weight is 183 g/mol. The van der Waals surface area contributed by atoms with Gasteiger partial charge in [-0.05, 0) is 19.3 Å². The summed E-state index contributed by atoms with van der Waals surface area (Å²) >= 11 is 0. The Kier molecular flexibility index (Phi) is 2.89. The van der Waals surface area contributed by atoms with E-state index in [4.69, 9.17) is 9.47 Å². The molecule has 5 heteroatoms. The summed E-state index contributed by atoms with van der Waals surface area (Å²) in [4.78, 5) is 0. The van der Waals surface area contributed by atoms with Crippen molar-refractivity contribution in [1.29, 1.82) is 0 Å². The molecule has 13 heavy (non-hydrogen) atoms. The van der Waals surface area contributed by atoms with Crippen molar-refractivity contribution in [2.75, 3.05) is 6.61 Å². The van der Waals surface area contributed by atoms with E-state index in [1.807, 2.05) is 0 Å². The number of aromatic nitrogens is 3. The number of aromatic amines is 1. The van der Waals surface area contributed by atoms with Crippen molar-refractivity contribution in [1.82, 2.24) is 15.4 Å². The molecule has 0 spiro atoms. The third-order valence-electron chi connectivity index (χ3n) is 2.02. The summed E-state index contributed by atoms with van der Waals surface area (Å²) in [5.74, 6) is 0. The summed E-state index contributed by atoms with van der Waals surface area (Å²) in [5.41, 5.74) is 0.814. The Balaban J connectivity index is 1.72. The van der Waals surface area contributed by atoms with E-state index in [2.05, 4.69) is 15.4 Å². The zero-order valence-corrected chi connectivity index (χ0v) is 7.40. The molecule has 1 unspecified atom stereocenters. The number of rotatable bonds is 3. The maximum atomic E-state index is 5.48. The highest BCUT2D eigenvalue weighted by Crippen LogP contribution is 2.14. The molecule has 0 aliphatic carbocycles. The Bertz CT molecular complexity index is 232. The van der Waals surface area contributed by atoms with Crippen LogP contribution in [-0.4, -0.2) is 28.3 Å². The molecule has 1 aliphatic rings. The summed E-state index contributed by atoms with van der Waals surface area (Å²) in [6.45, 7) is 1.28. The van der Waals surface area contributed by atoms with E-state index in [1.165, 1.54) is 6.42 Å². The third kappa shape index (κ3) is 2.50. The molecular weight excluding hydrogens is 170 g/mol. The molecule has 2 heterocycles. The highest BCUT2D eigenvalue weighted by atomic mass is 16.7. The lowest BCUT2D eigenvalue weighted by atomic mass is 10.2. The van der Waals surface area contributed by atoms with Crippen LogP contribution in [0.25, 0.3) is 0 Å². The summed E-state index contributed by atoms with van der Waals surface area (Å²) < 4.78 is 10.9. The van der Waals surface area contributed by atoms with Gasteiger partial charge >= 0.3 is 0 Å². The minimum absolute atomic E-state index is 0.0505. The van der Waals surface area contributed by atoms with Gasteiger partial charge in [-0.15, -0.1) is 5.10 Å². The lowest BCUT2D eigenvalue weighted by Crippen LogP contribution is -2.22. The predicted molar refractivity (Wildman–Crippen MR) is 44.8 cm³/mol. The Hall–Kier alpha value is -0.940. The van der Waals surface area contributed by atoms with Crippen molar-refractivity contribution >= 4 is 0 Å². The molecular formula is C8H13N3O2. The number of hydrogen-bond acceptors (Lipinski definition) is 4. The standard InChI is InChI=1S/C8H13N3O2/c1-2-4-12-8(3-1)13-6-7-5-9-11-10-7/h5,8H,1-4,6H2,(H,9,10,11). The Morgan fingerprint density at radius 1 is 1.62 bits per heavy atom. The molecule has 1 aromatic rings. The second kappa shape index (κ2) is 4.34. The molecule has 0 saturated carbocycles. The quantitative estimate of drug-likeness (QED) is 0.754. The van der Waals surface area contributed by atoms with Crippen molar-refractivity contribution in [2.45, 2.75) is 32.2 Å². The van der Waals surface area contributed by atoms with Gasteiger partial charge in [0.25, 0.3) is 0 Å². The van der Waals surface area contributed by atoms with Crippen LogP contribution in [0.4, 0.5) is 0 Å². The smallest absolute Gasteiger partial charge is 0.158 e. The van der Waals surface area contributed by atoms with Crippen molar-refractivity contribution in [2.24, 2.45) is 0 Å². The predicted octanol–water partition coefficient (Wildman–Crippen LogP) is 0.848. The van der Waals surface area contributed by atoms with Gasteiger partial charge in [0.2, 0.25) is 0 Å². The maximum Gasteiger partial charge on any atom is 0.158 e. The van der Waals surface area contributed by atoms with E-state index in [0.29, 0.717) is 6.61 Å². The fraction of sp³-hybridized carbons (Fsp3) is 0.750. The van der Waals surface area contributed by atoms with Crippen molar-refractivity contribution in [3.63, 3.8) is 0 Å². The van der Waals surface area contributed by atoms with Crippen LogP contribution >= 0.6 is 0 Å². The van der Waals surface area contributed by atoms with Crippen molar-refractivity contribution < 1.29 is 9.47 Å². The first-order chi connectivity index (χ1) is 6.45. The van der Waals surface area contributed by atoms with E-state index in [-0.39, 0.29) is 6.29 Å². The van der Waals surface area contributed by atoms with Gasteiger partial charge in [0.15, 0.2) is 6.29 Å². The SMILES string of the molecule is c1[nH]nnc1COC1CCCCO1. The Morgan fingerprint density at radius 2 is 2.62 bits per heavy atom. The molecule has 0 aromatic carbocycles. The van der Waals surface area contributed by atoms with Crippen LogP contribution in [0.2, 0.25) is 0 Å². The van der Waals surface area contributed by atoms with Crippen LogP contribution < -0.4 is 0 Å². The molecule has 72 valence electrons. The molecule has 1 aliphatic heterocycles. The number of nitrogens with zero attached hydrogens (tertiary/aromatic N) is 2. The minimum Gasteiger partial charge on any atom is -0.353 e. The van der Waals surface area contributed by atoms with Crippen molar-refractivity contribution in [3.8, 4) is 0 Å². The molecule has 1 saturated heterocycles. The van der Waals surface area contributed by atoms with E-state index in [1.54, 1.807) is 6.20 Å². The van der Waals surface area contributed by atoms with Crippen LogP contribution in [0, 0.1) is 0 Å². The van der Waals surface area contributed by atoms with Gasteiger partial charge in [-0.2, -0.15) is 0 Å². The molecule has 2 rings (SSSR count). The fourth-order valence-corrected chi connectivity index (χ4v) is 1.32. The molecule has 1 aromatic heterocycles. The van der Waals surface area contributed by atoms with Crippen molar-refractivity contribution in [3.05, 3.63) is 11.9 Å². The van der Waals surface area contributed by atoms with E-state index >= 15 is 0 Å². The molecule has 0 bridgehead atoms. The van der Waals surface area contributed by atoms with E-state index < -0.39 is 0 Å². The largest absolute Gasteiger partial charge is 0.353 e. The first-order valence-corrected chi connectivity index (χ1v) is 4.54. The summed E-state index contributed by atoms with van der Waals surface area (Å²) in [6, 6.07) is 0. The van der Waals surface area contributed by atoms with Gasteiger partial charge < -0.3 is 9.47 Å². The molecule has 5 nitrogen and oxygen atoms in total. The zero-order chi connectivity index (χ0) is 8.93. The lowest BCUT2D eigenvalue weighted by Gasteiger charge is -2.21. The first kappa shape index (κ1) is 8.65. The summed E-state index contributed by atoms with van der Waals surface area (Å²) in [7, 11) is 0. The van der Waals surface area contributed by atoms with Crippen LogP contribution in [0.1, 0.15) is 25.0 Å². The van der Waals surface area contributed by atoms with Crippen LogP contribution in [-0.2, 0) is 16.1 Å². The van der Waals surface area contributed by atoms with E-state index in [0.717, 1.165) is 25.1 Å². The second-order valence-electron chi connectivity index (χ2n) is 3.07. The van der Waals surface area contributed by atoms with Gasteiger partial charge in [-0.25, -0.2) is 0 Å². The average Bonchev–Trinajstić information content (AvgIpc) is 2.69. The highest BCUT2D eigenvalue weighted by Gasteiger charge is 2.14. The first-order valence-electron chi connectivity index (χ1n) is 4.54. The van der Waals surface area contributed by atoms with Crippen LogP contribution in [0.15, 0.2) is 6.20 Å². The molecule has 1 fully saturated rings. The van der Waals surface area contributed by atoms with Crippen LogP contribution in [0.3, 0.4) is 0 Å². The van der Waals surface area contributed by atoms with E-state index in [9.17, 15) is 0 Å².